The second-order valence-corrected chi connectivity index (χ2v) is 8.32. The summed E-state index contributed by atoms with van der Waals surface area (Å²) in [6, 6.07) is 6.70. The molecule has 0 radical (unpaired) electrons. The fraction of sp³-hybridized carbons (Fsp3) is 0.632. The number of nitrogens with one attached hydrogen (secondary N) is 1. The molecule has 0 saturated heterocycles. The predicted octanol–water partition coefficient (Wildman–Crippen LogP) is 3.18. The minimum atomic E-state index is -3.56. The van der Waals surface area contributed by atoms with Gasteiger partial charge in [-0.3, -0.25) is 9.10 Å². The SMILES string of the molecule is CCCC[C@H](CC)CNC(=O)CN(c1ccc(OCC)cc1)S(C)(=O)=O. The van der Waals surface area contributed by atoms with Gasteiger partial charge in [-0.2, -0.15) is 0 Å². The van der Waals surface area contributed by atoms with E-state index in [1.54, 1.807) is 24.3 Å². The molecule has 1 rings (SSSR count). The Bertz CT molecular complexity index is 644. The first-order valence-corrected chi connectivity index (χ1v) is 11.1. The standard InChI is InChI=1S/C19H32N2O4S/c1-5-8-9-16(6-2)14-20-19(22)15-21(26(4,23)24)17-10-12-18(13-11-17)25-7-3/h10-13,16H,5-9,14-15H2,1-4H3,(H,20,22)/t16-/m0/s1. The molecular formula is C19H32N2O4S. The zero-order valence-corrected chi connectivity index (χ0v) is 17.1. The van der Waals surface area contributed by atoms with E-state index in [9.17, 15) is 13.2 Å². The molecule has 0 aliphatic carbocycles. The van der Waals surface area contributed by atoms with E-state index in [1.165, 1.54) is 0 Å². The van der Waals surface area contributed by atoms with Crippen LogP contribution in [-0.2, 0) is 14.8 Å². The minimum Gasteiger partial charge on any atom is -0.494 e. The van der Waals surface area contributed by atoms with E-state index >= 15 is 0 Å². The number of rotatable bonds is 12. The molecule has 0 aliphatic heterocycles. The van der Waals surface area contributed by atoms with E-state index in [-0.39, 0.29) is 12.5 Å². The van der Waals surface area contributed by atoms with Crippen LogP contribution in [0.5, 0.6) is 5.75 Å². The van der Waals surface area contributed by atoms with Crippen LogP contribution in [0.3, 0.4) is 0 Å². The molecular weight excluding hydrogens is 352 g/mol. The van der Waals surface area contributed by atoms with E-state index in [1.807, 2.05) is 6.92 Å². The van der Waals surface area contributed by atoms with E-state index in [0.717, 1.165) is 36.2 Å². The van der Waals surface area contributed by atoms with Gasteiger partial charge in [-0.25, -0.2) is 8.42 Å². The molecule has 7 heteroatoms. The highest BCUT2D eigenvalue weighted by molar-refractivity contribution is 7.92. The number of carbonyl (C=O) groups excluding carboxylic acids is 1. The van der Waals surface area contributed by atoms with Gasteiger partial charge in [-0.1, -0.05) is 33.1 Å². The maximum Gasteiger partial charge on any atom is 0.240 e. The number of sulfonamides is 1. The van der Waals surface area contributed by atoms with E-state index in [2.05, 4.69) is 19.2 Å². The van der Waals surface area contributed by atoms with Gasteiger partial charge in [0.2, 0.25) is 15.9 Å². The third kappa shape index (κ3) is 7.64. The summed E-state index contributed by atoms with van der Waals surface area (Å²) in [5.74, 6) is 0.797. The predicted molar refractivity (Wildman–Crippen MR) is 106 cm³/mol. The molecule has 1 aromatic carbocycles. The molecule has 6 nitrogen and oxygen atoms in total. The van der Waals surface area contributed by atoms with Crippen LogP contribution < -0.4 is 14.4 Å². The number of ether oxygens (including phenoxy) is 1. The van der Waals surface area contributed by atoms with Crippen LogP contribution in [0.15, 0.2) is 24.3 Å². The Balaban J connectivity index is 2.74. The number of hydrogen-bond acceptors (Lipinski definition) is 4. The summed E-state index contributed by atoms with van der Waals surface area (Å²) in [5, 5.41) is 2.88. The van der Waals surface area contributed by atoms with Gasteiger partial charge in [-0.05, 0) is 43.5 Å². The molecule has 148 valence electrons. The normalized spacial score (nSPS) is 12.5. The van der Waals surface area contributed by atoms with Crippen molar-refractivity contribution in [1.82, 2.24) is 5.32 Å². The summed E-state index contributed by atoms with van der Waals surface area (Å²) in [7, 11) is -3.56. The Kier molecular flexibility index (Phi) is 9.48. The largest absolute Gasteiger partial charge is 0.494 e. The van der Waals surface area contributed by atoms with Crippen molar-refractivity contribution in [2.75, 3.05) is 30.3 Å². The number of amides is 1. The maximum atomic E-state index is 12.3. The smallest absolute Gasteiger partial charge is 0.240 e. The lowest BCUT2D eigenvalue weighted by molar-refractivity contribution is -0.119. The van der Waals surface area contributed by atoms with Crippen LogP contribution >= 0.6 is 0 Å². The first-order chi connectivity index (χ1) is 12.3. The van der Waals surface area contributed by atoms with Gasteiger partial charge in [0, 0.05) is 6.54 Å². The fourth-order valence-corrected chi connectivity index (χ4v) is 3.52. The lowest BCUT2D eigenvalue weighted by Crippen LogP contribution is -2.41. The molecule has 1 amide bonds. The van der Waals surface area contributed by atoms with Crippen molar-refractivity contribution in [3.8, 4) is 5.75 Å². The topological polar surface area (TPSA) is 75.7 Å². The molecule has 0 spiro atoms. The average molecular weight is 385 g/mol. The van der Waals surface area contributed by atoms with Crippen LogP contribution in [0.2, 0.25) is 0 Å². The van der Waals surface area contributed by atoms with Crippen molar-refractivity contribution in [1.29, 1.82) is 0 Å². The van der Waals surface area contributed by atoms with Crippen LogP contribution in [0.4, 0.5) is 5.69 Å². The van der Waals surface area contributed by atoms with E-state index in [4.69, 9.17) is 4.74 Å². The number of unbranched alkanes of at least 4 members (excludes halogenated alkanes) is 1. The first-order valence-electron chi connectivity index (χ1n) is 9.29. The van der Waals surface area contributed by atoms with Crippen LogP contribution in [0.25, 0.3) is 0 Å². The zero-order valence-electron chi connectivity index (χ0n) is 16.3. The van der Waals surface area contributed by atoms with Crippen LogP contribution in [0, 0.1) is 5.92 Å². The molecule has 1 atom stereocenters. The average Bonchev–Trinajstić information content (AvgIpc) is 2.60. The Morgan fingerprint density at radius 2 is 1.85 bits per heavy atom. The zero-order chi connectivity index (χ0) is 19.6. The summed E-state index contributed by atoms with van der Waals surface area (Å²) < 4.78 is 30.7. The van der Waals surface area contributed by atoms with Crippen LogP contribution in [-0.4, -0.2) is 40.3 Å². The molecule has 0 saturated carbocycles. The quantitative estimate of drug-likeness (QED) is 0.600. The summed E-state index contributed by atoms with van der Waals surface area (Å²) in [4.78, 5) is 12.3. The maximum absolute atomic E-state index is 12.3. The molecule has 1 aromatic rings. The number of nitrogens with zero attached hydrogens (tertiary/aromatic N) is 1. The van der Waals surface area contributed by atoms with Gasteiger partial charge in [0.25, 0.3) is 0 Å². The van der Waals surface area contributed by atoms with Crippen molar-refractivity contribution in [3.05, 3.63) is 24.3 Å². The summed E-state index contributed by atoms with van der Waals surface area (Å²) in [6.07, 6.45) is 5.43. The van der Waals surface area contributed by atoms with E-state index < -0.39 is 10.0 Å². The molecule has 0 heterocycles. The molecule has 0 aromatic heterocycles. The highest BCUT2D eigenvalue weighted by Crippen LogP contribution is 2.21. The summed E-state index contributed by atoms with van der Waals surface area (Å²) >= 11 is 0. The third-order valence-corrected chi connectivity index (χ3v) is 5.40. The Morgan fingerprint density at radius 1 is 1.19 bits per heavy atom. The van der Waals surface area contributed by atoms with Gasteiger partial charge >= 0.3 is 0 Å². The molecule has 0 bridgehead atoms. The monoisotopic (exact) mass is 384 g/mol. The minimum absolute atomic E-state index is 0.225. The second-order valence-electron chi connectivity index (χ2n) is 6.42. The fourth-order valence-electron chi connectivity index (χ4n) is 2.66. The van der Waals surface area contributed by atoms with Crippen LogP contribution in [0.1, 0.15) is 46.5 Å². The van der Waals surface area contributed by atoms with Crippen molar-refractivity contribution in [2.24, 2.45) is 5.92 Å². The molecule has 26 heavy (non-hydrogen) atoms. The summed E-state index contributed by atoms with van der Waals surface area (Å²) in [5.41, 5.74) is 0.448. The highest BCUT2D eigenvalue weighted by Gasteiger charge is 2.21. The number of anilines is 1. The Labute approximate surface area is 158 Å². The van der Waals surface area contributed by atoms with Gasteiger partial charge in [0.1, 0.15) is 12.3 Å². The first kappa shape index (κ1) is 22.3. The molecule has 0 unspecified atom stereocenters. The van der Waals surface area contributed by atoms with Crippen molar-refractivity contribution in [2.45, 2.75) is 46.5 Å². The van der Waals surface area contributed by atoms with Gasteiger partial charge in [0.15, 0.2) is 0 Å². The Hall–Kier alpha value is -1.76. The molecule has 0 aliphatic rings. The lowest BCUT2D eigenvalue weighted by Gasteiger charge is -2.23. The highest BCUT2D eigenvalue weighted by atomic mass is 32.2. The number of benzene rings is 1. The molecule has 1 N–H and O–H groups in total. The van der Waals surface area contributed by atoms with Crippen molar-refractivity contribution >= 4 is 21.6 Å². The Morgan fingerprint density at radius 3 is 2.35 bits per heavy atom. The van der Waals surface area contributed by atoms with Gasteiger partial charge in [-0.15, -0.1) is 0 Å². The number of hydrogen-bond donors (Lipinski definition) is 1. The van der Waals surface area contributed by atoms with Crippen molar-refractivity contribution in [3.63, 3.8) is 0 Å². The lowest BCUT2D eigenvalue weighted by atomic mass is 9.99. The molecule has 0 fully saturated rings. The van der Waals surface area contributed by atoms with Gasteiger partial charge < -0.3 is 10.1 Å². The van der Waals surface area contributed by atoms with E-state index in [0.29, 0.717) is 30.5 Å². The number of carbonyl (C=O) groups is 1. The van der Waals surface area contributed by atoms with Crippen molar-refractivity contribution < 1.29 is 17.9 Å². The summed E-state index contributed by atoms with van der Waals surface area (Å²) in [6.45, 7) is 7.02. The van der Waals surface area contributed by atoms with Gasteiger partial charge in [0.05, 0.1) is 18.6 Å². The second kappa shape index (κ2) is 11.1. The third-order valence-electron chi connectivity index (χ3n) is 4.25.